The number of fused-ring (bicyclic) bond motifs is 1. The molecule has 0 atom stereocenters. The number of benzene rings is 2. The fraction of sp³-hybridized carbons (Fsp3) is 0. The Labute approximate surface area is 114 Å². The molecule has 4 heteroatoms. The maximum atomic E-state index is 12.5. The van der Waals surface area contributed by atoms with Gasteiger partial charge in [0.2, 0.25) is 5.78 Å². The number of carbonyl (C=O) groups excluding carboxylic acids is 1. The number of halogens is 1. The molecule has 1 aromatic heterocycles. The number of hydrogen-bond acceptors (Lipinski definition) is 3. The summed E-state index contributed by atoms with van der Waals surface area (Å²) in [4.78, 5) is 20.7. The Hall–Kier alpha value is -2.26. The van der Waals surface area contributed by atoms with E-state index in [4.69, 9.17) is 11.6 Å². The number of hydrogen-bond donors (Lipinski definition) is 0. The Balaban J connectivity index is 2.17. The zero-order valence-electron chi connectivity index (χ0n) is 9.88. The highest BCUT2D eigenvalue weighted by atomic mass is 35.5. The van der Waals surface area contributed by atoms with Crippen molar-refractivity contribution in [1.82, 2.24) is 9.97 Å². The van der Waals surface area contributed by atoms with Crippen LogP contribution >= 0.6 is 11.6 Å². The highest BCUT2D eigenvalue weighted by molar-refractivity contribution is 6.31. The van der Waals surface area contributed by atoms with E-state index in [0.717, 1.165) is 10.9 Å². The minimum atomic E-state index is -0.152. The third-order valence-electron chi connectivity index (χ3n) is 2.84. The molecule has 19 heavy (non-hydrogen) atoms. The van der Waals surface area contributed by atoms with Gasteiger partial charge in [0.15, 0.2) is 0 Å². The topological polar surface area (TPSA) is 42.9 Å². The molecule has 0 saturated heterocycles. The average Bonchev–Trinajstić information content (AvgIpc) is 2.46. The second-order valence-electron chi connectivity index (χ2n) is 4.08. The molecule has 0 radical (unpaired) electrons. The lowest BCUT2D eigenvalue weighted by Gasteiger charge is -2.04. The Morgan fingerprint density at radius 1 is 1.00 bits per heavy atom. The molecule has 3 nitrogen and oxygen atoms in total. The summed E-state index contributed by atoms with van der Waals surface area (Å²) in [5.74, 6) is -0.152. The number of aromatic nitrogens is 2. The molecule has 0 spiro atoms. The predicted molar refractivity (Wildman–Crippen MR) is 74.4 cm³/mol. The fourth-order valence-electron chi connectivity index (χ4n) is 1.95. The second-order valence-corrected chi connectivity index (χ2v) is 4.52. The third-order valence-corrected chi connectivity index (χ3v) is 3.08. The van der Waals surface area contributed by atoms with Gasteiger partial charge in [0.05, 0.1) is 5.52 Å². The van der Waals surface area contributed by atoms with Gasteiger partial charge in [-0.15, -0.1) is 0 Å². The van der Waals surface area contributed by atoms with Crippen molar-refractivity contribution < 1.29 is 4.79 Å². The maximum Gasteiger partial charge on any atom is 0.212 e. The molecule has 0 unspecified atom stereocenters. The standard InChI is InChI=1S/C15H9ClN2O/c16-11-5-3-4-10(8-11)15(19)14-12-6-1-2-7-13(12)17-9-18-14/h1-9H. The molecule has 3 rings (SSSR count). The number of para-hydroxylation sites is 1. The largest absolute Gasteiger partial charge is 0.287 e. The van der Waals surface area contributed by atoms with E-state index in [0.29, 0.717) is 16.3 Å². The Bertz CT molecular complexity index is 765. The summed E-state index contributed by atoms with van der Waals surface area (Å²) >= 11 is 5.91. The monoisotopic (exact) mass is 268 g/mol. The average molecular weight is 269 g/mol. The van der Waals surface area contributed by atoms with Crippen LogP contribution in [0, 0.1) is 0 Å². The van der Waals surface area contributed by atoms with Gasteiger partial charge in [0.25, 0.3) is 0 Å². The first kappa shape index (κ1) is 11.8. The Morgan fingerprint density at radius 3 is 2.68 bits per heavy atom. The van der Waals surface area contributed by atoms with Gasteiger partial charge in [0, 0.05) is 16.0 Å². The normalized spacial score (nSPS) is 10.6. The van der Waals surface area contributed by atoms with E-state index in [-0.39, 0.29) is 5.78 Å². The van der Waals surface area contributed by atoms with E-state index >= 15 is 0 Å². The van der Waals surface area contributed by atoms with Crippen molar-refractivity contribution in [2.24, 2.45) is 0 Å². The van der Waals surface area contributed by atoms with Crippen LogP contribution < -0.4 is 0 Å². The molecule has 2 aromatic carbocycles. The van der Waals surface area contributed by atoms with Gasteiger partial charge < -0.3 is 0 Å². The zero-order chi connectivity index (χ0) is 13.2. The molecular formula is C15H9ClN2O. The van der Waals surface area contributed by atoms with E-state index in [2.05, 4.69) is 9.97 Å². The van der Waals surface area contributed by atoms with Crippen LogP contribution in [-0.4, -0.2) is 15.8 Å². The van der Waals surface area contributed by atoms with E-state index in [1.54, 1.807) is 24.3 Å². The van der Waals surface area contributed by atoms with Gasteiger partial charge in [-0.1, -0.05) is 41.9 Å². The minimum absolute atomic E-state index is 0.152. The van der Waals surface area contributed by atoms with Crippen LogP contribution in [0.4, 0.5) is 0 Å². The second kappa shape index (κ2) is 4.78. The van der Waals surface area contributed by atoms with E-state index in [1.165, 1.54) is 6.33 Å². The molecular weight excluding hydrogens is 260 g/mol. The summed E-state index contributed by atoms with van der Waals surface area (Å²) in [6.45, 7) is 0. The van der Waals surface area contributed by atoms with Gasteiger partial charge >= 0.3 is 0 Å². The van der Waals surface area contributed by atoms with Crippen molar-refractivity contribution in [2.75, 3.05) is 0 Å². The number of rotatable bonds is 2. The first-order valence-corrected chi connectivity index (χ1v) is 6.13. The van der Waals surface area contributed by atoms with Crippen LogP contribution in [0.3, 0.4) is 0 Å². The first-order valence-electron chi connectivity index (χ1n) is 5.76. The van der Waals surface area contributed by atoms with Crippen LogP contribution in [0.15, 0.2) is 54.9 Å². The lowest BCUT2D eigenvalue weighted by atomic mass is 10.0. The highest BCUT2D eigenvalue weighted by Crippen LogP contribution is 2.19. The molecule has 0 aliphatic rings. The summed E-state index contributed by atoms with van der Waals surface area (Å²) in [5.41, 5.74) is 1.67. The summed E-state index contributed by atoms with van der Waals surface area (Å²) in [6, 6.07) is 14.3. The molecule has 0 bridgehead atoms. The molecule has 0 amide bonds. The number of carbonyl (C=O) groups is 1. The molecule has 3 aromatic rings. The van der Waals surface area contributed by atoms with Crippen LogP contribution in [0.2, 0.25) is 5.02 Å². The first-order chi connectivity index (χ1) is 9.25. The van der Waals surface area contributed by atoms with Crippen molar-refractivity contribution in [2.45, 2.75) is 0 Å². The number of nitrogens with zero attached hydrogens (tertiary/aromatic N) is 2. The van der Waals surface area contributed by atoms with Crippen LogP contribution in [-0.2, 0) is 0 Å². The van der Waals surface area contributed by atoms with E-state index in [9.17, 15) is 4.79 Å². The molecule has 0 fully saturated rings. The van der Waals surface area contributed by atoms with Gasteiger partial charge in [-0.3, -0.25) is 4.79 Å². The molecule has 0 aliphatic heterocycles. The van der Waals surface area contributed by atoms with Crippen molar-refractivity contribution >= 4 is 28.3 Å². The van der Waals surface area contributed by atoms with Gasteiger partial charge in [-0.2, -0.15) is 0 Å². The van der Waals surface area contributed by atoms with Crippen LogP contribution in [0.25, 0.3) is 10.9 Å². The lowest BCUT2D eigenvalue weighted by molar-refractivity contribution is 0.103. The van der Waals surface area contributed by atoms with Gasteiger partial charge in [0.1, 0.15) is 12.0 Å². The maximum absolute atomic E-state index is 12.5. The highest BCUT2D eigenvalue weighted by Gasteiger charge is 2.14. The lowest BCUT2D eigenvalue weighted by Crippen LogP contribution is -2.05. The molecule has 0 aliphatic carbocycles. The third kappa shape index (κ3) is 2.20. The summed E-state index contributed by atoms with van der Waals surface area (Å²) in [5, 5.41) is 1.28. The molecule has 0 saturated carbocycles. The van der Waals surface area contributed by atoms with Crippen molar-refractivity contribution in [3.05, 3.63) is 71.1 Å². The fourth-order valence-corrected chi connectivity index (χ4v) is 2.14. The van der Waals surface area contributed by atoms with E-state index < -0.39 is 0 Å². The zero-order valence-corrected chi connectivity index (χ0v) is 10.6. The van der Waals surface area contributed by atoms with Crippen LogP contribution in [0.5, 0.6) is 0 Å². The van der Waals surface area contributed by atoms with Crippen molar-refractivity contribution in [3.8, 4) is 0 Å². The van der Waals surface area contributed by atoms with Gasteiger partial charge in [-0.05, 0) is 18.2 Å². The molecule has 0 N–H and O–H groups in total. The number of ketones is 1. The quantitative estimate of drug-likeness (QED) is 0.668. The Kier molecular flexibility index (Phi) is 2.97. The van der Waals surface area contributed by atoms with Crippen LogP contribution in [0.1, 0.15) is 16.1 Å². The molecule has 1 heterocycles. The van der Waals surface area contributed by atoms with E-state index in [1.807, 2.05) is 24.3 Å². The van der Waals surface area contributed by atoms with Crippen molar-refractivity contribution in [3.63, 3.8) is 0 Å². The van der Waals surface area contributed by atoms with Crippen molar-refractivity contribution in [1.29, 1.82) is 0 Å². The SMILES string of the molecule is O=C(c1cccc(Cl)c1)c1ncnc2ccccc12. The predicted octanol–water partition coefficient (Wildman–Crippen LogP) is 3.51. The summed E-state index contributed by atoms with van der Waals surface area (Å²) in [6.07, 6.45) is 1.40. The summed E-state index contributed by atoms with van der Waals surface area (Å²) < 4.78 is 0. The molecule has 92 valence electrons. The smallest absolute Gasteiger partial charge is 0.212 e. The van der Waals surface area contributed by atoms with Gasteiger partial charge in [-0.25, -0.2) is 9.97 Å². The Morgan fingerprint density at radius 2 is 1.84 bits per heavy atom. The minimum Gasteiger partial charge on any atom is -0.287 e. The summed E-state index contributed by atoms with van der Waals surface area (Å²) in [7, 11) is 0.